The van der Waals surface area contributed by atoms with Crippen LogP contribution in [-0.4, -0.2) is 35.1 Å². The Morgan fingerprint density at radius 3 is 2.72 bits per heavy atom. The smallest absolute Gasteiger partial charge is 0.125 e. The number of benzene rings is 1. The van der Waals surface area contributed by atoms with Gasteiger partial charge in [0.25, 0.3) is 0 Å². The number of halogens is 1. The fourth-order valence-electron chi connectivity index (χ4n) is 2.55. The van der Waals surface area contributed by atoms with Crippen LogP contribution in [0.15, 0.2) is 18.2 Å². The van der Waals surface area contributed by atoms with Crippen LogP contribution in [0, 0.1) is 6.92 Å². The van der Waals surface area contributed by atoms with Gasteiger partial charge < -0.3 is 9.47 Å². The van der Waals surface area contributed by atoms with Gasteiger partial charge in [-0.15, -0.1) is 11.6 Å². The molecule has 2 aromatic rings. The van der Waals surface area contributed by atoms with Crippen molar-refractivity contribution in [2.45, 2.75) is 25.8 Å². The lowest BCUT2D eigenvalue weighted by Crippen LogP contribution is -2.23. The van der Waals surface area contributed by atoms with E-state index in [1.807, 2.05) is 6.07 Å². The van der Waals surface area contributed by atoms with Gasteiger partial charge in [0.15, 0.2) is 0 Å². The molecule has 2 rings (SSSR count). The molecule has 0 radical (unpaired) electrons. The molecule has 1 atom stereocenters. The maximum Gasteiger partial charge on any atom is 0.125 e. The molecule has 0 saturated carbocycles. The summed E-state index contributed by atoms with van der Waals surface area (Å²) >= 11 is 6.04. The molecule has 1 heterocycles. The summed E-state index contributed by atoms with van der Waals surface area (Å²) < 4.78 is 2.28. The molecule has 0 fully saturated rings. The molecular formula is C14H20ClN3. The van der Waals surface area contributed by atoms with Crippen LogP contribution in [0.4, 0.5) is 0 Å². The first-order valence-corrected chi connectivity index (χ1v) is 6.75. The monoisotopic (exact) mass is 265 g/mol. The van der Waals surface area contributed by atoms with E-state index >= 15 is 0 Å². The molecule has 0 aliphatic rings. The highest BCUT2D eigenvalue weighted by Gasteiger charge is 2.16. The number of hydrogen-bond donors (Lipinski definition) is 0. The largest absolute Gasteiger partial charge is 0.323 e. The molecule has 0 aliphatic heterocycles. The SMILES string of the molecule is Cc1cccc2nc(CCl)n(C(C)CN(C)C)c12. The van der Waals surface area contributed by atoms with E-state index in [4.69, 9.17) is 11.6 Å². The first-order chi connectivity index (χ1) is 8.54. The molecule has 1 unspecified atom stereocenters. The second-order valence-electron chi connectivity index (χ2n) is 5.09. The standard InChI is InChI=1S/C14H20ClN3/c1-10-6-5-7-12-14(10)18(13(8-15)16-12)11(2)9-17(3)4/h5-7,11H,8-9H2,1-4H3. The Morgan fingerprint density at radius 2 is 2.11 bits per heavy atom. The number of rotatable bonds is 4. The van der Waals surface area contributed by atoms with Crippen molar-refractivity contribution in [2.24, 2.45) is 0 Å². The van der Waals surface area contributed by atoms with Gasteiger partial charge >= 0.3 is 0 Å². The lowest BCUT2D eigenvalue weighted by Gasteiger charge is -2.21. The molecule has 0 amide bonds. The lowest BCUT2D eigenvalue weighted by atomic mass is 10.2. The fourth-order valence-corrected chi connectivity index (χ4v) is 2.74. The highest BCUT2D eigenvalue weighted by atomic mass is 35.5. The van der Waals surface area contributed by atoms with Gasteiger partial charge in [0, 0.05) is 12.6 Å². The topological polar surface area (TPSA) is 21.1 Å². The second-order valence-corrected chi connectivity index (χ2v) is 5.35. The number of para-hydroxylation sites is 1. The Kier molecular flexibility index (Phi) is 3.93. The second kappa shape index (κ2) is 5.29. The highest BCUT2D eigenvalue weighted by molar-refractivity contribution is 6.16. The van der Waals surface area contributed by atoms with E-state index in [2.05, 4.69) is 54.5 Å². The summed E-state index contributed by atoms with van der Waals surface area (Å²) in [5.74, 6) is 1.40. The van der Waals surface area contributed by atoms with Crippen molar-refractivity contribution in [3.8, 4) is 0 Å². The van der Waals surface area contributed by atoms with E-state index in [0.29, 0.717) is 11.9 Å². The number of aryl methyl sites for hydroxylation is 1. The van der Waals surface area contributed by atoms with E-state index in [1.54, 1.807) is 0 Å². The average molecular weight is 266 g/mol. The lowest BCUT2D eigenvalue weighted by molar-refractivity contribution is 0.337. The Bertz CT molecular complexity index is 545. The predicted octanol–water partition coefficient (Wildman–Crippen LogP) is 3.21. The Balaban J connectivity index is 2.59. The molecule has 3 nitrogen and oxygen atoms in total. The quantitative estimate of drug-likeness (QED) is 0.792. The summed E-state index contributed by atoms with van der Waals surface area (Å²) in [6.07, 6.45) is 0. The summed E-state index contributed by atoms with van der Waals surface area (Å²) in [5, 5.41) is 0. The van der Waals surface area contributed by atoms with Crippen molar-refractivity contribution < 1.29 is 0 Å². The van der Waals surface area contributed by atoms with E-state index in [9.17, 15) is 0 Å². The van der Waals surface area contributed by atoms with Gasteiger partial charge in [0.1, 0.15) is 5.82 Å². The Morgan fingerprint density at radius 1 is 1.39 bits per heavy atom. The van der Waals surface area contributed by atoms with Gasteiger partial charge in [0.2, 0.25) is 0 Å². The molecular weight excluding hydrogens is 246 g/mol. The van der Waals surface area contributed by atoms with Crippen molar-refractivity contribution >= 4 is 22.6 Å². The number of hydrogen-bond acceptors (Lipinski definition) is 2. The normalized spacial score (nSPS) is 13.4. The third kappa shape index (κ3) is 2.38. The Hall–Kier alpha value is -1.06. The number of aromatic nitrogens is 2. The van der Waals surface area contributed by atoms with Crippen molar-refractivity contribution in [3.05, 3.63) is 29.6 Å². The maximum absolute atomic E-state index is 6.04. The number of alkyl halides is 1. The van der Waals surface area contributed by atoms with Crippen LogP contribution < -0.4 is 0 Å². The number of fused-ring (bicyclic) bond motifs is 1. The van der Waals surface area contributed by atoms with Gasteiger partial charge in [-0.2, -0.15) is 0 Å². The van der Waals surface area contributed by atoms with E-state index in [0.717, 1.165) is 17.9 Å². The van der Waals surface area contributed by atoms with Crippen molar-refractivity contribution in [1.82, 2.24) is 14.5 Å². The van der Waals surface area contributed by atoms with Crippen LogP contribution in [-0.2, 0) is 5.88 Å². The first-order valence-electron chi connectivity index (χ1n) is 6.21. The molecule has 0 bridgehead atoms. The van der Waals surface area contributed by atoms with Crippen LogP contribution in [0.5, 0.6) is 0 Å². The third-order valence-electron chi connectivity index (χ3n) is 3.17. The van der Waals surface area contributed by atoms with Gasteiger partial charge in [-0.1, -0.05) is 12.1 Å². The van der Waals surface area contributed by atoms with Crippen molar-refractivity contribution in [2.75, 3.05) is 20.6 Å². The van der Waals surface area contributed by atoms with Crippen molar-refractivity contribution in [1.29, 1.82) is 0 Å². The number of likely N-dealkylation sites (N-methyl/N-ethyl adjacent to an activating group) is 1. The van der Waals surface area contributed by atoms with Gasteiger partial charge in [0.05, 0.1) is 16.9 Å². The minimum atomic E-state index is 0.361. The van der Waals surface area contributed by atoms with E-state index in [1.165, 1.54) is 11.1 Å². The number of nitrogens with zero attached hydrogens (tertiary/aromatic N) is 3. The minimum Gasteiger partial charge on any atom is -0.323 e. The van der Waals surface area contributed by atoms with Crippen LogP contribution >= 0.6 is 11.6 Å². The first kappa shape index (κ1) is 13.4. The van der Waals surface area contributed by atoms with Crippen LogP contribution in [0.25, 0.3) is 11.0 Å². The zero-order valence-electron chi connectivity index (χ0n) is 11.4. The molecule has 18 heavy (non-hydrogen) atoms. The molecule has 0 spiro atoms. The molecule has 4 heteroatoms. The number of imidazole rings is 1. The zero-order valence-corrected chi connectivity index (χ0v) is 12.2. The highest BCUT2D eigenvalue weighted by Crippen LogP contribution is 2.25. The average Bonchev–Trinajstić information content (AvgIpc) is 2.68. The summed E-state index contributed by atoms with van der Waals surface area (Å²) in [6.45, 7) is 5.31. The molecule has 98 valence electrons. The van der Waals surface area contributed by atoms with Crippen LogP contribution in [0.1, 0.15) is 24.4 Å². The van der Waals surface area contributed by atoms with Gasteiger partial charge in [-0.3, -0.25) is 0 Å². The third-order valence-corrected chi connectivity index (χ3v) is 3.41. The summed E-state index contributed by atoms with van der Waals surface area (Å²) in [5.41, 5.74) is 3.50. The Labute approximate surface area is 113 Å². The predicted molar refractivity (Wildman–Crippen MR) is 77.3 cm³/mol. The molecule has 0 saturated heterocycles. The maximum atomic E-state index is 6.04. The zero-order chi connectivity index (χ0) is 13.3. The van der Waals surface area contributed by atoms with Gasteiger partial charge in [-0.25, -0.2) is 4.98 Å². The van der Waals surface area contributed by atoms with Crippen LogP contribution in [0.3, 0.4) is 0 Å². The van der Waals surface area contributed by atoms with E-state index in [-0.39, 0.29) is 0 Å². The minimum absolute atomic E-state index is 0.361. The summed E-state index contributed by atoms with van der Waals surface area (Å²) in [6, 6.07) is 6.58. The van der Waals surface area contributed by atoms with Crippen molar-refractivity contribution in [3.63, 3.8) is 0 Å². The summed E-state index contributed by atoms with van der Waals surface area (Å²) in [7, 11) is 4.17. The molecule has 0 N–H and O–H groups in total. The fraction of sp³-hybridized carbons (Fsp3) is 0.500. The molecule has 0 aliphatic carbocycles. The molecule has 1 aromatic carbocycles. The van der Waals surface area contributed by atoms with Gasteiger partial charge in [-0.05, 0) is 39.6 Å². The summed E-state index contributed by atoms with van der Waals surface area (Å²) in [4.78, 5) is 6.82. The van der Waals surface area contributed by atoms with E-state index < -0.39 is 0 Å². The molecule has 1 aromatic heterocycles. The van der Waals surface area contributed by atoms with Crippen LogP contribution in [0.2, 0.25) is 0 Å².